The van der Waals surface area contributed by atoms with Crippen LogP contribution in [0.2, 0.25) is 0 Å². The van der Waals surface area contributed by atoms with Crippen molar-refractivity contribution in [2.45, 2.75) is 23.0 Å². The average Bonchev–Trinajstić information content (AvgIpc) is 3.27. The molecule has 3 aromatic rings. The number of primary amides is 1. The standard InChI is InChI=1S/C22H25N5O4S2/c1-16(17-6-3-2-4-7-17)27-21(24-25-22(27)32-15-20(23)28)18-8-5-9-19(14-18)33(29,30)26-10-12-31-13-11-26/h2-9,14,16H,10-13,15H2,1H3,(H2,23,28)/t16-/m1/s1. The summed E-state index contributed by atoms with van der Waals surface area (Å²) in [6.07, 6.45) is 0. The number of morpholine rings is 1. The normalized spacial score (nSPS) is 15.9. The molecule has 0 aliphatic carbocycles. The fraction of sp³-hybridized carbons (Fsp3) is 0.318. The van der Waals surface area contributed by atoms with E-state index in [-0.39, 0.29) is 16.7 Å². The zero-order valence-electron chi connectivity index (χ0n) is 18.1. The van der Waals surface area contributed by atoms with Gasteiger partial charge in [-0.15, -0.1) is 10.2 Å². The van der Waals surface area contributed by atoms with E-state index >= 15 is 0 Å². The van der Waals surface area contributed by atoms with Crippen LogP contribution < -0.4 is 5.73 Å². The van der Waals surface area contributed by atoms with Gasteiger partial charge in [0.2, 0.25) is 15.9 Å². The van der Waals surface area contributed by atoms with Crippen molar-refractivity contribution in [1.82, 2.24) is 19.1 Å². The summed E-state index contributed by atoms with van der Waals surface area (Å²) in [5, 5.41) is 9.17. The maximum atomic E-state index is 13.2. The number of hydrogen-bond acceptors (Lipinski definition) is 7. The molecule has 9 nitrogen and oxygen atoms in total. The molecule has 11 heteroatoms. The number of thioether (sulfide) groups is 1. The third-order valence-corrected chi connectivity index (χ3v) is 8.24. The Labute approximate surface area is 197 Å². The Morgan fingerprint density at radius 2 is 1.85 bits per heavy atom. The molecule has 2 heterocycles. The van der Waals surface area contributed by atoms with Crippen LogP contribution in [0.25, 0.3) is 11.4 Å². The zero-order chi connectivity index (χ0) is 23.4. The highest BCUT2D eigenvalue weighted by Gasteiger charge is 2.27. The molecule has 0 unspecified atom stereocenters. The number of nitrogens with zero attached hydrogens (tertiary/aromatic N) is 4. The highest BCUT2D eigenvalue weighted by Crippen LogP contribution is 2.32. The van der Waals surface area contributed by atoms with E-state index in [1.165, 1.54) is 16.1 Å². The maximum Gasteiger partial charge on any atom is 0.243 e. The molecule has 1 amide bonds. The van der Waals surface area contributed by atoms with Gasteiger partial charge in [-0.25, -0.2) is 8.42 Å². The van der Waals surface area contributed by atoms with Crippen LogP contribution in [-0.2, 0) is 19.6 Å². The van der Waals surface area contributed by atoms with Gasteiger partial charge in [-0.05, 0) is 24.6 Å². The van der Waals surface area contributed by atoms with E-state index in [0.717, 1.165) is 5.56 Å². The number of rotatable bonds is 8. The van der Waals surface area contributed by atoms with Gasteiger partial charge >= 0.3 is 0 Å². The number of amides is 1. The monoisotopic (exact) mass is 487 g/mol. The SMILES string of the molecule is C[C@H](c1ccccc1)n1c(SCC(N)=O)nnc1-c1cccc(S(=O)(=O)N2CCOCC2)c1. The van der Waals surface area contributed by atoms with Gasteiger partial charge in [-0.3, -0.25) is 9.36 Å². The van der Waals surface area contributed by atoms with E-state index in [0.29, 0.717) is 42.8 Å². The molecule has 4 rings (SSSR count). The van der Waals surface area contributed by atoms with Crippen LogP contribution in [0.1, 0.15) is 18.5 Å². The van der Waals surface area contributed by atoms with Gasteiger partial charge in [-0.2, -0.15) is 4.31 Å². The van der Waals surface area contributed by atoms with Gasteiger partial charge < -0.3 is 10.5 Å². The average molecular weight is 488 g/mol. The van der Waals surface area contributed by atoms with E-state index in [1.54, 1.807) is 24.3 Å². The largest absolute Gasteiger partial charge is 0.379 e. The molecule has 1 aromatic heterocycles. The van der Waals surface area contributed by atoms with Crippen LogP contribution in [0.5, 0.6) is 0 Å². The molecule has 2 N–H and O–H groups in total. The van der Waals surface area contributed by atoms with Crippen molar-refractivity contribution in [2.75, 3.05) is 32.1 Å². The van der Waals surface area contributed by atoms with E-state index in [2.05, 4.69) is 10.2 Å². The number of ether oxygens (including phenoxy) is 1. The quantitative estimate of drug-likeness (QED) is 0.483. The molecular formula is C22H25N5O4S2. The fourth-order valence-corrected chi connectivity index (χ4v) is 5.88. The van der Waals surface area contributed by atoms with E-state index in [9.17, 15) is 13.2 Å². The van der Waals surface area contributed by atoms with Gasteiger partial charge in [-0.1, -0.05) is 54.2 Å². The van der Waals surface area contributed by atoms with Crippen LogP contribution in [0.4, 0.5) is 0 Å². The molecule has 0 spiro atoms. The molecule has 2 aromatic carbocycles. The molecule has 1 aliphatic rings. The van der Waals surface area contributed by atoms with Crippen molar-refractivity contribution >= 4 is 27.7 Å². The Bertz CT molecular complexity index is 1220. The Kier molecular flexibility index (Phi) is 7.13. The number of benzene rings is 2. The first-order valence-corrected chi connectivity index (χ1v) is 12.9. The summed E-state index contributed by atoms with van der Waals surface area (Å²) in [6.45, 7) is 3.40. The Hall–Kier alpha value is -2.73. The number of sulfonamides is 1. The lowest BCUT2D eigenvalue weighted by atomic mass is 10.1. The Balaban J connectivity index is 1.76. The Morgan fingerprint density at radius 3 is 2.55 bits per heavy atom. The summed E-state index contributed by atoms with van der Waals surface area (Å²) < 4.78 is 35.0. The molecule has 0 radical (unpaired) electrons. The highest BCUT2D eigenvalue weighted by molar-refractivity contribution is 7.99. The minimum absolute atomic E-state index is 0.0606. The summed E-state index contributed by atoms with van der Waals surface area (Å²) in [5.41, 5.74) is 6.98. The molecule has 1 saturated heterocycles. The van der Waals surface area contributed by atoms with Crippen LogP contribution in [0.15, 0.2) is 64.6 Å². The number of hydrogen-bond donors (Lipinski definition) is 1. The fourth-order valence-electron chi connectivity index (χ4n) is 3.67. The molecule has 1 aliphatic heterocycles. The smallest absolute Gasteiger partial charge is 0.243 e. The lowest BCUT2D eigenvalue weighted by Gasteiger charge is -2.26. The van der Waals surface area contributed by atoms with Gasteiger partial charge in [0, 0.05) is 18.7 Å². The van der Waals surface area contributed by atoms with Crippen LogP contribution >= 0.6 is 11.8 Å². The summed E-state index contributed by atoms with van der Waals surface area (Å²) in [7, 11) is -3.66. The van der Waals surface area contributed by atoms with Crippen molar-refractivity contribution in [3.8, 4) is 11.4 Å². The first kappa shape index (κ1) is 23.4. The minimum atomic E-state index is -3.66. The summed E-state index contributed by atoms with van der Waals surface area (Å²) in [4.78, 5) is 11.6. The van der Waals surface area contributed by atoms with E-state index < -0.39 is 15.9 Å². The van der Waals surface area contributed by atoms with Crippen molar-refractivity contribution < 1.29 is 17.9 Å². The number of nitrogens with two attached hydrogens (primary N) is 1. The van der Waals surface area contributed by atoms with Crippen LogP contribution in [-0.4, -0.2) is 65.5 Å². The second-order valence-corrected chi connectivity index (χ2v) is 10.4. The molecule has 1 atom stereocenters. The van der Waals surface area contributed by atoms with Gasteiger partial charge in [0.25, 0.3) is 0 Å². The molecule has 1 fully saturated rings. The zero-order valence-corrected chi connectivity index (χ0v) is 19.8. The molecule has 0 saturated carbocycles. The van der Waals surface area contributed by atoms with Gasteiger partial charge in [0.05, 0.1) is 29.9 Å². The first-order chi connectivity index (χ1) is 15.9. The van der Waals surface area contributed by atoms with Gasteiger partial charge in [0.1, 0.15) is 0 Å². The minimum Gasteiger partial charge on any atom is -0.379 e. The summed E-state index contributed by atoms with van der Waals surface area (Å²) in [5.74, 6) is 0.116. The van der Waals surface area contributed by atoms with Gasteiger partial charge in [0.15, 0.2) is 11.0 Å². The second kappa shape index (κ2) is 10.0. The molecule has 0 bridgehead atoms. The summed E-state index contributed by atoms with van der Waals surface area (Å²) >= 11 is 1.20. The lowest BCUT2D eigenvalue weighted by molar-refractivity contribution is -0.115. The second-order valence-electron chi connectivity index (χ2n) is 7.56. The lowest BCUT2D eigenvalue weighted by Crippen LogP contribution is -2.40. The predicted molar refractivity (Wildman–Crippen MR) is 125 cm³/mol. The van der Waals surface area contributed by atoms with Crippen molar-refractivity contribution in [3.05, 3.63) is 60.2 Å². The topological polar surface area (TPSA) is 120 Å². The van der Waals surface area contributed by atoms with E-state index in [4.69, 9.17) is 10.5 Å². The number of aromatic nitrogens is 3. The molecule has 33 heavy (non-hydrogen) atoms. The van der Waals surface area contributed by atoms with Crippen LogP contribution in [0.3, 0.4) is 0 Å². The third kappa shape index (κ3) is 5.11. The Morgan fingerprint density at radius 1 is 1.12 bits per heavy atom. The third-order valence-electron chi connectivity index (χ3n) is 5.38. The maximum absolute atomic E-state index is 13.2. The van der Waals surface area contributed by atoms with Crippen molar-refractivity contribution in [3.63, 3.8) is 0 Å². The van der Waals surface area contributed by atoms with Crippen molar-refractivity contribution in [2.24, 2.45) is 5.73 Å². The number of carbonyl (C=O) groups excluding carboxylic acids is 1. The van der Waals surface area contributed by atoms with E-state index in [1.807, 2.05) is 41.8 Å². The summed E-state index contributed by atoms with van der Waals surface area (Å²) in [6, 6.07) is 16.4. The predicted octanol–water partition coefficient (Wildman–Crippen LogP) is 2.15. The highest BCUT2D eigenvalue weighted by atomic mass is 32.2. The van der Waals surface area contributed by atoms with Crippen molar-refractivity contribution in [1.29, 1.82) is 0 Å². The number of carbonyl (C=O) groups is 1. The molecule has 174 valence electrons. The molecular weight excluding hydrogens is 462 g/mol. The first-order valence-electron chi connectivity index (χ1n) is 10.5. The van der Waals surface area contributed by atoms with Crippen LogP contribution in [0, 0.1) is 0 Å².